The van der Waals surface area contributed by atoms with E-state index in [-0.39, 0.29) is 18.1 Å². The van der Waals surface area contributed by atoms with E-state index in [2.05, 4.69) is 20.6 Å². The van der Waals surface area contributed by atoms with Crippen LogP contribution in [0.25, 0.3) is 0 Å². The highest BCUT2D eigenvalue weighted by molar-refractivity contribution is 6.31. The molecule has 0 saturated heterocycles. The van der Waals surface area contributed by atoms with Gasteiger partial charge in [0.1, 0.15) is 17.6 Å². The summed E-state index contributed by atoms with van der Waals surface area (Å²) in [5, 5.41) is 6.40. The minimum Gasteiger partial charge on any atom is -0.342 e. The van der Waals surface area contributed by atoms with Gasteiger partial charge in [0.05, 0.1) is 6.54 Å². The Morgan fingerprint density at radius 1 is 1.07 bits per heavy atom. The fraction of sp³-hybridized carbons (Fsp3) is 0.158. The van der Waals surface area contributed by atoms with Gasteiger partial charge in [-0.2, -0.15) is 0 Å². The molecule has 0 unspecified atom stereocenters. The van der Waals surface area contributed by atoms with Crippen molar-refractivity contribution in [1.29, 1.82) is 0 Å². The minimum atomic E-state index is -0.494. The first kappa shape index (κ1) is 19.9. The number of hydrogen-bond acceptors (Lipinski definition) is 4. The summed E-state index contributed by atoms with van der Waals surface area (Å²) in [5.74, 6) is -0.213. The number of nitrogens with one attached hydrogen (secondary N) is 2. The Morgan fingerprint density at radius 2 is 1.82 bits per heavy atom. The first-order valence-electron chi connectivity index (χ1n) is 8.36. The van der Waals surface area contributed by atoms with Crippen molar-refractivity contribution in [3.63, 3.8) is 0 Å². The molecule has 0 aliphatic rings. The van der Waals surface area contributed by atoms with Crippen LogP contribution in [0, 0.1) is 0 Å². The van der Waals surface area contributed by atoms with Gasteiger partial charge in [0.2, 0.25) is 5.91 Å². The number of imidazole rings is 1. The number of carbonyl (C=O) groups excluding carboxylic acids is 2. The maximum absolute atomic E-state index is 12.5. The van der Waals surface area contributed by atoms with Crippen LogP contribution in [0.1, 0.15) is 27.9 Å². The summed E-state index contributed by atoms with van der Waals surface area (Å²) >= 11 is 11.8. The van der Waals surface area contributed by atoms with E-state index >= 15 is 0 Å². The van der Waals surface area contributed by atoms with Crippen LogP contribution in [0.15, 0.2) is 55.0 Å². The lowest BCUT2D eigenvalue weighted by atomic mass is 10.1. The summed E-state index contributed by atoms with van der Waals surface area (Å²) in [4.78, 5) is 32.9. The molecular formula is C19H17Cl2N5O2. The molecule has 0 radical (unpaired) electrons. The molecule has 0 aliphatic carbocycles. The van der Waals surface area contributed by atoms with Gasteiger partial charge in [0.15, 0.2) is 0 Å². The zero-order valence-electron chi connectivity index (χ0n) is 14.9. The Balaban J connectivity index is 1.70. The Bertz CT molecular complexity index is 988. The molecular weight excluding hydrogens is 401 g/mol. The van der Waals surface area contributed by atoms with Crippen LogP contribution >= 0.6 is 23.2 Å². The normalized spacial score (nSPS) is 11.7. The molecule has 3 rings (SSSR count). The number of pyridine rings is 1. The average molecular weight is 418 g/mol. The second-order valence-electron chi connectivity index (χ2n) is 5.99. The summed E-state index contributed by atoms with van der Waals surface area (Å²) in [5.41, 5.74) is 0.952. The molecule has 3 aromatic rings. The molecule has 0 aliphatic heterocycles. The average Bonchev–Trinajstić information content (AvgIpc) is 3.10. The predicted molar refractivity (Wildman–Crippen MR) is 106 cm³/mol. The van der Waals surface area contributed by atoms with Crippen LogP contribution in [-0.4, -0.2) is 32.9 Å². The molecule has 28 heavy (non-hydrogen) atoms. The smallest absolute Gasteiger partial charge is 0.270 e. The van der Waals surface area contributed by atoms with E-state index in [0.29, 0.717) is 15.9 Å². The molecule has 0 spiro atoms. The lowest BCUT2D eigenvalue weighted by molar-refractivity contribution is -0.120. The molecule has 0 saturated carbocycles. The van der Waals surface area contributed by atoms with Crippen molar-refractivity contribution in [3.05, 3.63) is 82.1 Å². The third-order valence-electron chi connectivity index (χ3n) is 3.99. The van der Waals surface area contributed by atoms with Gasteiger partial charge in [0, 0.05) is 35.7 Å². The van der Waals surface area contributed by atoms with E-state index in [1.54, 1.807) is 30.6 Å². The van der Waals surface area contributed by atoms with E-state index < -0.39 is 11.9 Å². The van der Waals surface area contributed by atoms with Gasteiger partial charge >= 0.3 is 0 Å². The van der Waals surface area contributed by atoms with Crippen molar-refractivity contribution >= 4 is 35.0 Å². The molecule has 2 amide bonds. The molecule has 0 fully saturated rings. The van der Waals surface area contributed by atoms with Crippen molar-refractivity contribution in [1.82, 2.24) is 25.2 Å². The van der Waals surface area contributed by atoms with Crippen LogP contribution < -0.4 is 10.6 Å². The number of carbonyl (C=O) groups is 2. The van der Waals surface area contributed by atoms with Gasteiger partial charge in [-0.15, -0.1) is 0 Å². The topological polar surface area (TPSA) is 88.9 Å². The lowest BCUT2D eigenvalue weighted by Crippen LogP contribution is -2.39. The highest BCUT2D eigenvalue weighted by Crippen LogP contribution is 2.22. The summed E-state index contributed by atoms with van der Waals surface area (Å²) < 4.78 is 1.81. The summed E-state index contributed by atoms with van der Waals surface area (Å²) in [7, 11) is 1.84. The van der Waals surface area contributed by atoms with Crippen LogP contribution in [0.4, 0.5) is 0 Å². The third kappa shape index (κ3) is 4.88. The van der Waals surface area contributed by atoms with Crippen LogP contribution in [0.3, 0.4) is 0 Å². The number of aromatic nitrogens is 3. The first-order chi connectivity index (χ1) is 13.4. The summed E-state index contributed by atoms with van der Waals surface area (Å²) in [6, 6.07) is 9.61. The Hall–Kier alpha value is -2.90. The molecule has 1 atom stereocenters. The highest BCUT2D eigenvalue weighted by Gasteiger charge is 2.21. The molecule has 0 bridgehead atoms. The quantitative estimate of drug-likeness (QED) is 0.645. The zero-order valence-corrected chi connectivity index (χ0v) is 16.4. The van der Waals surface area contributed by atoms with E-state index in [1.807, 2.05) is 23.7 Å². The SMILES string of the molecule is Cn1ccnc1[C@H](NC(=O)CNC(=O)c1cc(Cl)ccn1)c1ccc(Cl)cc1. The molecule has 1 aromatic carbocycles. The zero-order chi connectivity index (χ0) is 20.1. The highest BCUT2D eigenvalue weighted by atomic mass is 35.5. The predicted octanol–water partition coefficient (Wildman–Crippen LogP) is 2.76. The third-order valence-corrected chi connectivity index (χ3v) is 4.48. The van der Waals surface area contributed by atoms with Gasteiger partial charge in [-0.05, 0) is 29.8 Å². The van der Waals surface area contributed by atoms with Crippen molar-refractivity contribution in [2.75, 3.05) is 6.54 Å². The molecule has 7 nitrogen and oxygen atoms in total. The Labute approximate surface area is 171 Å². The molecule has 2 aromatic heterocycles. The maximum atomic E-state index is 12.5. The van der Waals surface area contributed by atoms with Crippen molar-refractivity contribution < 1.29 is 9.59 Å². The summed E-state index contributed by atoms with van der Waals surface area (Å²) in [6.07, 6.45) is 4.86. The Morgan fingerprint density at radius 3 is 2.46 bits per heavy atom. The van der Waals surface area contributed by atoms with Gasteiger partial charge < -0.3 is 15.2 Å². The van der Waals surface area contributed by atoms with Crippen molar-refractivity contribution in [3.8, 4) is 0 Å². The van der Waals surface area contributed by atoms with Gasteiger partial charge in [0.25, 0.3) is 5.91 Å². The standard InChI is InChI=1S/C19H17Cl2N5O2/c1-26-9-8-23-18(26)17(12-2-4-13(20)5-3-12)25-16(27)11-24-19(28)15-10-14(21)6-7-22-15/h2-10,17H,11H2,1H3,(H,24,28)(H,25,27)/t17-/m1/s1. The van der Waals surface area contributed by atoms with E-state index in [0.717, 1.165) is 5.56 Å². The molecule has 144 valence electrons. The Kier molecular flexibility index (Phi) is 6.28. The lowest BCUT2D eigenvalue weighted by Gasteiger charge is -2.19. The minimum absolute atomic E-state index is 0.138. The van der Waals surface area contributed by atoms with Gasteiger partial charge in [-0.25, -0.2) is 4.98 Å². The van der Waals surface area contributed by atoms with E-state index in [1.165, 1.54) is 12.3 Å². The second-order valence-corrected chi connectivity index (χ2v) is 6.86. The van der Waals surface area contributed by atoms with Gasteiger partial charge in [-0.1, -0.05) is 35.3 Å². The van der Waals surface area contributed by atoms with Crippen molar-refractivity contribution in [2.45, 2.75) is 6.04 Å². The number of aryl methyl sites for hydroxylation is 1. The number of nitrogens with zero attached hydrogens (tertiary/aromatic N) is 3. The number of hydrogen-bond donors (Lipinski definition) is 2. The van der Waals surface area contributed by atoms with E-state index in [4.69, 9.17) is 23.2 Å². The van der Waals surface area contributed by atoms with Crippen molar-refractivity contribution in [2.24, 2.45) is 7.05 Å². The van der Waals surface area contributed by atoms with Crippen LogP contribution in [0.5, 0.6) is 0 Å². The fourth-order valence-electron chi connectivity index (χ4n) is 2.60. The number of benzene rings is 1. The summed E-state index contributed by atoms with van der Waals surface area (Å²) in [6.45, 7) is -0.221. The maximum Gasteiger partial charge on any atom is 0.270 e. The van der Waals surface area contributed by atoms with Gasteiger partial charge in [-0.3, -0.25) is 14.6 Å². The molecule has 9 heteroatoms. The largest absolute Gasteiger partial charge is 0.342 e. The fourth-order valence-corrected chi connectivity index (χ4v) is 2.89. The second kappa shape index (κ2) is 8.86. The van der Waals surface area contributed by atoms with Crippen LogP contribution in [-0.2, 0) is 11.8 Å². The monoisotopic (exact) mass is 417 g/mol. The first-order valence-corrected chi connectivity index (χ1v) is 9.11. The van der Waals surface area contributed by atoms with Crippen LogP contribution in [0.2, 0.25) is 10.0 Å². The number of halogens is 2. The molecule has 2 heterocycles. The number of amides is 2. The van der Waals surface area contributed by atoms with E-state index in [9.17, 15) is 9.59 Å². The molecule has 2 N–H and O–H groups in total. The number of rotatable bonds is 6.